The second kappa shape index (κ2) is 8.46. The zero-order valence-corrected chi connectivity index (χ0v) is 18.6. The molecule has 0 aliphatic heterocycles. The molecule has 2 aromatic heterocycles. The van der Waals surface area contributed by atoms with E-state index >= 15 is 0 Å². The van der Waals surface area contributed by atoms with Crippen LogP contribution in [-0.2, 0) is 0 Å². The van der Waals surface area contributed by atoms with E-state index in [0.29, 0.717) is 21.9 Å². The third-order valence-electron chi connectivity index (χ3n) is 3.77. The second-order valence-corrected chi connectivity index (χ2v) is 9.42. The van der Waals surface area contributed by atoms with E-state index in [1.54, 1.807) is 4.90 Å². The van der Waals surface area contributed by atoms with Crippen molar-refractivity contribution < 1.29 is 0 Å². The molecule has 28 heavy (non-hydrogen) atoms. The number of hydrogen-bond donors (Lipinski definition) is 2. The molecule has 0 saturated heterocycles. The molecule has 3 N–H and O–H groups in total. The van der Waals surface area contributed by atoms with Gasteiger partial charge < -0.3 is 16.0 Å². The molecule has 0 spiro atoms. The highest BCUT2D eigenvalue weighted by Crippen LogP contribution is 2.38. The van der Waals surface area contributed by atoms with Gasteiger partial charge in [0.1, 0.15) is 5.82 Å². The third kappa shape index (κ3) is 4.81. The van der Waals surface area contributed by atoms with Crippen molar-refractivity contribution in [2.24, 2.45) is 0 Å². The van der Waals surface area contributed by atoms with Crippen molar-refractivity contribution in [2.75, 3.05) is 30.0 Å². The maximum Gasteiger partial charge on any atom is 0.229 e. The van der Waals surface area contributed by atoms with Crippen LogP contribution in [0.25, 0.3) is 0 Å². The Hall–Kier alpha value is -2.17. The number of halogens is 1. The summed E-state index contributed by atoms with van der Waals surface area (Å²) in [6, 6.07) is 3.99. The van der Waals surface area contributed by atoms with Gasteiger partial charge in [-0.1, -0.05) is 40.8 Å². The van der Waals surface area contributed by atoms with Crippen molar-refractivity contribution >= 4 is 57.4 Å². The van der Waals surface area contributed by atoms with Gasteiger partial charge in [-0.3, -0.25) is 0 Å². The maximum absolute atomic E-state index is 6.36. The minimum atomic E-state index is -0.0606. The predicted molar refractivity (Wildman–Crippen MR) is 117 cm³/mol. The molecule has 0 aliphatic carbocycles. The van der Waals surface area contributed by atoms with Crippen molar-refractivity contribution in [3.8, 4) is 0 Å². The van der Waals surface area contributed by atoms with Crippen LogP contribution >= 0.6 is 34.7 Å². The molecule has 8 nitrogen and oxygen atoms in total. The highest BCUT2D eigenvalue weighted by atomic mass is 35.5. The molecule has 1 atom stereocenters. The SMILES string of the molecule is Cc1cc(C)c(Nc2nnc(S[C@H](C)c3nc(N)nc(N(C)C)n3)s2)c(Cl)c1. The van der Waals surface area contributed by atoms with Crippen LogP contribution in [-0.4, -0.2) is 39.2 Å². The maximum atomic E-state index is 6.36. The molecule has 11 heteroatoms. The van der Waals surface area contributed by atoms with Gasteiger partial charge in [0, 0.05) is 14.1 Å². The quantitative estimate of drug-likeness (QED) is 0.548. The van der Waals surface area contributed by atoms with Crippen LogP contribution in [0.1, 0.15) is 29.1 Å². The summed E-state index contributed by atoms with van der Waals surface area (Å²) in [5, 5.41) is 13.0. The molecule has 148 valence electrons. The molecular formula is C17H21ClN8S2. The summed E-state index contributed by atoms with van der Waals surface area (Å²) in [5.41, 5.74) is 8.82. The Morgan fingerprint density at radius 1 is 1.18 bits per heavy atom. The first-order chi connectivity index (χ1) is 13.2. The molecule has 0 amide bonds. The smallest absolute Gasteiger partial charge is 0.229 e. The number of anilines is 4. The number of nitrogens with one attached hydrogen (secondary N) is 1. The van der Waals surface area contributed by atoms with Gasteiger partial charge in [0.05, 0.1) is 16.0 Å². The zero-order valence-electron chi connectivity index (χ0n) is 16.2. The lowest BCUT2D eigenvalue weighted by Gasteiger charge is -2.13. The normalized spacial score (nSPS) is 12.1. The summed E-state index contributed by atoms with van der Waals surface area (Å²) in [7, 11) is 3.72. The monoisotopic (exact) mass is 436 g/mol. The minimum Gasteiger partial charge on any atom is -0.368 e. The number of benzene rings is 1. The van der Waals surface area contributed by atoms with Gasteiger partial charge in [-0.2, -0.15) is 15.0 Å². The molecule has 0 radical (unpaired) electrons. The fourth-order valence-electron chi connectivity index (χ4n) is 2.47. The van der Waals surface area contributed by atoms with E-state index in [1.165, 1.54) is 23.1 Å². The predicted octanol–water partition coefficient (Wildman–Crippen LogP) is 4.24. The van der Waals surface area contributed by atoms with Crippen LogP contribution < -0.4 is 16.0 Å². The van der Waals surface area contributed by atoms with E-state index in [2.05, 4.69) is 36.5 Å². The number of nitrogens with zero attached hydrogens (tertiary/aromatic N) is 6. The van der Waals surface area contributed by atoms with E-state index in [-0.39, 0.29) is 11.2 Å². The first-order valence-corrected chi connectivity index (χ1v) is 10.5. The fraction of sp³-hybridized carbons (Fsp3) is 0.353. The zero-order chi connectivity index (χ0) is 20.4. The van der Waals surface area contributed by atoms with Gasteiger partial charge in [-0.25, -0.2) is 0 Å². The highest BCUT2D eigenvalue weighted by molar-refractivity contribution is 8.01. The topological polar surface area (TPSA) is 106 Å². The van der Waals surface area contributed by atoms with Crippen molar-refractivity contribution in [3.05, 3.63) is 34.1 Å². The minimum absolute atomic E-state index is 0.0606. The van der Waals surface area contributed by atoms with Crippen LogP contribution in [0.4, 0.5) is 22.7 Å². The number of hydrogen-bond acceptors (Lipinski definition) is 10. The largest absolute Gasteiger partial charge is 0.368 e. The van der Waals surface area contributed by atoms with E-state index in [1.807, 2.05) is 40.9 Å². The van der Waals surface area contributed by atoms with Crippen LogP contribution in [0.15, 0.2) is 16.5 Å². The van der Waals surface area contributed by atoms with Gasteiger partial charge in [0.2, 0.25) is 17.0 Å². The number of rotatable bonds is 6. The number of nitrogen functional groups attached to an aromatic ring is 1. The van der Waals surface area contributed by atoms with E-state index in [0.717, 1.165) is 21.2 Å². The van der Waals surface area contributed by atoms with Gasteiger partial charge in [-0.15, -0.1) is 10.2 Å². The number of aromatic nitrogens is 5. The number of thioether (sulfide) groups is 1. The summed E-state index contributed by atoms with van der Waals surface area (Å²) in [6.07, 6.45) is 0. The number of aryl methyl sites for hydroxylation is 2. The Morgan fingerprint density at radius 3 is 2.61 bits per heavy atom. The van der Waals surface area contributed by atoms with Crippen LogP contribution in [0, 0.1) is 13.8 Å². The average molecular weight is 437 g/mol. The van der Waals surface area contributed by atoms with Crippen LogP contribution in [0.2, 0.25) is 5.02 Å². The fourth-order valence-corrected chi connectivity index (χ4v) is 4.79. The summed E-state index contributed by atoms with van der Waals surface area (Å²) in [4.78, 5) is 14.6. The molecule has 1 aromatic carbocycles. The van der Waals surface area contributed by atoms with Gasteiger partial charge >= 0.3 is 0 Å². The lowest BCUT2D eigenvalue weighted by atomic mass is 10.1. The Bertz CT molecular complexity index is 968. The van der Waals surface area contributed by atoms with Gasteiger partial charge in [0.15, 0.2) is 4.34 Å². The van der Waals surface area contributed by atoms with Crippen molar-refractivity contribution in [1.82, 2.24) is 25.1 Å². The second-order valence-electron chi connectivity index (χ2n) is 6.44. The molecule has 0 bridgehead atoms. The summed E-state index contributed by atoms with van der Waals surface area (Å²) >= 11 is 9.32. The Kier molecular flexibility index (Phi) is 6.21. The average Bonchev–Trinajstić information content (AvgIpc) is 3.04. The summed E-state index contributed by atoms with van der Waals surface area (Å²) < 4.78 is 0.793. The van der Waals surface area contributed by atoms with Gasteiger partial charge in [-0.05, 0) is 38.0 Å². The molecule has 3 rings (SSSR count). The van der Waals surface area contributed by atoms with E-state index < -0.39 is 0 Å². The van der Waals surface area contributed by atoms with Crippen molar-refractivity contribution in [1.29, 1.82) is 0 Å². The molecular weight excluding hydrogens is 416 g/mol. The molecule has 0 saturated carbocycles. The first kappa shape index (κ1) is 20.6. The molecule has 0 fully saturated rings. The standard InChI is InChI=1S/C17H21ClN8S2/c1-8-6-9(2)12(11(18)7-8)20-16-24-25-17(28-16)27-10(3)13-21-14(19)23-15(22-13)26(4)5/h6-7,10H,1-5H3,(H,20,24)(H2,19,21,22,23)/t10-/m1/s1. The Morgan fingerprint density at radius 2 is 1.93 bits per heavy atom. The van der Waals surface area contributed by atoms with Crippen LogP contribution in [0.5, 0.6) is 0 Å². The van der Waals surface area contributed by atoms with Gasteiger partial charge in [0.25, 0.3) is 0 Å². The van der Waals surface area contributed by atoms with Crippen molar-refractivity contribution in [3.63, 3.8) is 0 Å². The van der Waals surface area contributed by atoms with E-state index in [4.69, 9.17) is 17.3 Å². The molecule has 0 unspecified atom stereocenters. The Balaban J connectivity index is 1.75. The van der Waals surface area contributed by atoms with Crippen LogP contribution in [0.3, 0.4) is 0 Å². The van der Waals surface area contributed by atoms with E-state index in [9.17, 15) is 0 Å². The number of nitrogens with two attached hydrogens (primary N) is 1. The molecule has 0 aliphatic rings. The van der Waals surface area contributed by atoms with Crippen molar-refractivity contribution in [2.45, 2.75) is 30.4 Å². The Labute approximate surface area is 177 Å². The summed E-state index contributed by atoms with van der Waals surface area (Å²) in [5.74, 6) is 1.33. The highest BCUT2D eigenvalue weighted by Gasteiger charge is 2.17. The molecule has 2 heterocycles. The summed E-state index contributed by atoms with van der Waals surface area (Å²) in [6.45, 7) is 6.02. The first-order valence-electron chi connectivity index (χ1n) is 8.45. The lowest BCUT2D eigenvalue weighted by Crippen LogP contribution is -2.16. The lowest BCUT2D eigenvalue weighted by molar-refractivity contribution is 0.863. The molecule has 3 aromatic rings. The third-order valence-corrected chi connectivity index (χ3v) is 6.09.